The third kappa shape index (κ3) is 9.88. The highest BCUT2D eigenvalue weighted by molar-refractivity contribution is 7.39. The van der Waals surface area contributed by atoms with Crippen LogP contribution in [0.5, 0.6) is 0 Å². The second-order valence-corrected chi connectivity index (χ2v) is 10.6. The quantitative estimate of drug-likeness (QED) is 0.242. The maximum Gasteiger partial charge on any atom is 0.508 e. The van der Waals surface area contributed by atoms with Crippen molar-refractivity contribution in [2.75, 3.05) is 19.3 Å². The molecule has 204 valence electrons. The van der Waals surface area contributed by atoms with E-state index < -0.39 is 38.1 Å². The van der Waals surface area contributed by atoms with Gasteiger partial charge in [-0.3, -0.25) is 4.79 Å². The van der Waals surface area contributed by atoms with Gasteiger partial charge >= 0.3 is 20.1 Å². The lowest BCUT2D eigenvalue weighted by atomic mass is 10.1. The van der Waals surface area contributed by atoms with Crippen molar-refractivity contribution in [3.63, 3.8) is 0 Å². The van der Waals surface area contributed by atoms with Gasteiger partial charge in [-0.15, -0.1) is 4.52 Å². The number of carbonyl (C=O) groups excluding carboxylic acids is 2. The highest BCUT2D eigenvalue weighted by Crippen LogP contribution is 2.30. The van der Waals surface area contributed by atoms with E-state index in [-0.39, 0.29) is 13.0 Å². The molecule has 0 bridgehead atoms. The molecule has 3 rings (SSSR count). The molecule has 0 saturated carbocycles. The van der Waals surface area contributed by atoms with Crippen molar-refractivity contribution in [3.8, 4) is 0 Å². The number of carboxylic acids is 1. The van der Waals surface area contributed by atoms with Gasteiger partial charge in [-0.25, -0.2) is 9.59 Å². The third-order valence-corrected chi connectivity index (χ3v) is 7.54. The topological polar surface area (TPSA) is 122 Å². The Bertz CT molecular complexity index is 1050. The highest BCUT2D eigenvalue weighted by Gasteiger charge is 2.40. The summed E-state index contributed by atoms with van der Waals surface area (Å²) >= 11 is 0. The number of hydrogen-bond acceptors (Lipinski definition) is 6. The average molecular weight is 544 g/mol. The Morgan fingerprint density at radius 3 is 2.37 bits per heavy atom. The maximum absolute atomic E-state index is 13.2. The highest BCUT2D eigenvalue weighted by atomic mass is 31.1. The van der Waals surface area contributed by atoms with E-state index in [9.17, 15) is 24.1 Å². The second kappa shape index (κ2) is 15.8. The number of ether oxygens (including phenoxy) is 1. The molecule has 0 aliphatic carbocycles. The van der Waals surface area contributed by atoms with Crippen LogP contribution in [0, 0.1) is 0 Å². The Labute approximate surface area is 224 Å². The van der Waals surface area contributed by atoms with E-state index in [1.165, 1.54) is 4.90 Å². The van der Waals surface area contributed by atoms with Crippen molar-refractivity contribution in [2.45, 2.75) is 63.7 Å². The van der Waals surface area contributed by atoms with Crippen LogP contribution in [0.3, 0.4) is 0 Å². The van der Waals surface area contributed by atoms with Gasteiger partial charge in [-0.1, -0.05) is 60.7 Å². The van der Waals surface area contributed by atoms with E-state index in [1.54, 1.807) is 0 Å². The Balaban J connectivity index is 1.45. The summed E-state index contributed by atoms with van der Waals surface area (Å²) in [5.41, 5.74) is 2.03. The number of aliphatic carboxylic acids is 1. The fourth-order valence-electron chi connectivity index (χ4n) is 4.36. The van der Waals surface area contributed by atoms with Crippen LogP contribution in [0.25, 0.3) is 0 Å². The first-order valence-electron chi connectivity index (χ1n) is 13.1. The number of benzene rings is 2. The van der Waals surface area contributed by atoms with Crippen LogP contribution in [0.4, 0.5) is 4.79 Å². The number of carbonyl (C=O) groups is 3. The minimum atomic E-state index is -2.09. The molecule has 1 fully saturated rings. The molecular weight excluding hydrogens is 507 g/mol. The number of hydrogen-bond donors (Lipinski definition) is 2. The fourth-order valence-corrected chi connectivity index (χ4v) is 5.37. The Morgan fingerprint density at radius 1 is 1.00 bits per heavy atom. The van der Waals surface area contributed by atoms with Gasteiger partial charge in [0.2, 0.25) is 0 Å². The van der Waals surface area contributed by atoms with Crippen molar-refractivity contribution in [1.29, 1.82) is 0 Å². The molecule has 0 aromatic heterocycles. The summed E-state index contributed by atoms with van der Waals surface area (Å²) in [6.07, 6.45) is 2.56. The first kappa shape index (κ1) is 29.3. The third-order valence-electron chi connectivity index (χ3n) is 6.37. The van der Waals surface area contributed by atoms with Crippen LogP contribution in [0.1, 0.15) is 49.7 Å². The number of carboxylic acid groups (broad SMARTS) is 1. The minimum absolute atomic E-state index is 0.176. The van der Waals surface area contributed by atoms with Crippen LogP contribution in [-0.2, 0) is 36.4 Å². The molecule has 3 atom stereocenters. The number of likely N-dealkylation sites (tertiary alicyclic amines) is 1. The van der Waals surface area contributed by atoms with Crippen molar-refractivity contribution in [2.24, 2.45) is 0 Å². The van der Waals surface area contributed by atoms with Gasteiger partial charge < -0.3 is 20.1 Å². The zero-order chi connectivity index (χ0) is 27.2. The molecule has 1 saturated heterocycles. The number of aryl methyl sites for hydroxylation is 1. The normalized spacial score (nSPS) is 16.1. The molecule has 2 N–H and O–H groups in total. The van der Waals surface area contributed by atoms with Gasteiger partial charge in [-0.05, 0) is 60.6 Å². The van der Waals surface area contributed by atoms with E-state index >= 15 is 0 Å². The predicted molar refractivity (Wildman–Crippen MR) is 143 cm³/mol. The number of amides is 2. The molecule has 2 aromatic rings. The first-order valence-corrected chi connectivity index (χ1v) is 14.4. The maximum atomic E-state index is 13.2. The summed E-state index contributed by atoms with van der Waals surface area (Å²) < 4.78 is 23.6. The molecule has 1 unspecified atom stereocenters. The summed E-state index contributed by atoms with van der Waals surface area (Å²) in [7, 11) is -2.09. The van der Waals surface area contributed by atoms with E-state index in [1.807, 2.05) is 60.7 Å². The summed E-state index contributed by atoms with van der Waals surface area (Å²) in [6, 6.07) is 18.3. The van der Waals surface area contributed by atoms with Crippen LogP contribution in [0.15, 0.2) is 60.7 Å². The molecule has 38 heavy (non-hydrogen) atoms. The van der Waals surface area contributed by atoms with E-state index in [2.05, 4.69) is 5.32 Å². The summed E-state index contributed by atoms with van der Waals surface area (Å²) in [5, 5.41) is 12.2. The molecule has 9 nitrogen and oxygen atoms in total. The molecule has 0 spiro atoms. The lowest BCUT2D eigenvalue weighted by Gasteiger charge is -2.24. The molecule has 1 aliphatic heterocycles. The van der Waals surface area contributed by atoms with Gasteiger partial charge in [0.25, 0.3) is 5.91 Å². The Hall–Kier alpha value is -3.29. The lowest BCUT2D eigenvalue weighted by molar-refractivity contribution is -0.151. The standard InChI is InChI=1S/C28H35N2O7P/c31-26(30-19-9-16-24(30)27(32)33)25(37-38(35)20-10-15-22-11-3-1-4-12-22)17-7-8-18-29-28(34)36-21-23-13-5-2-6-14-23/h1-6,11-14,24-25H,7-10,15-21H2,(H-,29,32,33,34)/p+1/t24-,25-/m0/s1. The molecule has 1 aliphatic rings. The SMILES string of the molecule is O=C(NCCCC[C@H](O[P+](=O)CCCc1ccccc1)C(=O)N1CCC[C@H]1C(=O)O)OCc1ccccc1. The number of nitrogens with one attached hydrogen (secondary N) is 1. The number of unbranched alkanes of at least 4 members (excludes halogenated alkanes) is 1. The van der Waals surface area contributed by atoms with E-state index in [4.69, 9.17) is 9.26 Å². The van der Waals surface area contributed by atoms with Crippen LogP contribution in [0.2, 0.25) is 0 Å². The van der Waals surface area contributed by atoms with Crippen LogP contribution in [-0.4, -0.2) is 59.4 Å². The number of nitrogens with zero attached hydrogens (tertiary/aromatic N) is 1. The monoisotopic (exact) mass is 543 g/mol. The largest absolute Gasteiger partial charge is 0.508 e. The average Bonchev–Trinajstić information content (AvgIpc) is 3.42. The number of alkyl carbamates (subject to hydrolysis) is 1. The Morgan fingerprint density at radius 2 is 1.68 bits per heavy atom. The smallest absolute Gasteiger partial charge is 0.480 e. The van der Waals surface area contributed by atoms with Crippen molar-refractivity contribution in [1.82, 2.24) is 10.2 Å². The van der Waals surface area contributed by atoms with Gasteiger partial charge in [0, 0.05) is 13.1 Å². The van der Waals surface area contributed by atoms with Gasteiger partial charge in [-0.2, -0.15) is 0 Å². The molecule has 2 amide bonds. The molecule has 1 heterocycles. The molecular formula is C28H36N2O7P+. The Kier molecular flexibility index (Phi) is 12.2. The second-order valence-electron chi connectivity index (χ2n) is 9.25. The predicted octanol–water partition coefficient (Wildman–Crippen LogP) is 4.92. The lowest BCUT2D eigenvalue weighted by Crippen LogP contribution is -2.45. The van der Waals surface area contributed by atoms with E-state index in [0.29, 0.717) is 51.4 Å². The minimum Gasteiger partial charge on any atom is -0.480 e. The number of rotatable bonds is 15. The molecule has 2 aromatic carbocycles. The molecule has 10 heteroatoms. The van der Waals surface area contributed by atoms with Gasteiger partial charge in [0.15, 0.2) is 12.3 Å². The molecule has 0 radical (unpaired) electrons. The van der Waals surface area contributed by atoms with Gasteiger partial charge in [0.1, 0.15) is 12.6 Å². The zero-order valence-electron chi connectivity index (χ0n) is 21.5. The summed E-state index contributed by atoms with van der Waals surface area (Å²) in [4.78, 5) is 38.1. The van der Waals surface area contributed by atoms with Crippen LogP contribution < -0.4 is 5.32 Å². The van der Waals surface area contributed by atoms with Crippen molar-refractivity contribution in [3.05, 3.63) is 71.8 Å². The van der Waals surface area contributed by atoms with Gasteiger partial charge in [0.05, 0.1) is 0 Å². The van der Waals surface area contributed by atoms with Crippen molar-refractivity contribution < 1.29 is 33.3 Å². The first-order chi connectivity index (χ1) is 18.4. The van der Waals surface area contributed by atoms with Crippen molar-refractivity contribution >= 4 is 26.0 Å². The zero-order valence-corrected chi connectivity index (χ0v) is 22.4. The summed E-state index contributed by atoms with van der Waals surface area (Å²) in [6.45, 7) is 0.865. The summed E-state index contributed by atoms with van der Waals surface area (Å²) in [5.74, 6) is -1.48. The fraction of sp³-hybridized carbons (Fsp3) is 0.464. The van der Waals surface area contributed by atoms with E-state index in [0.717, 1.165) is 17.5 Å². The van der Waals surface area contributed by atoms with Crippen LogP contribution >= 0.6 is 8.03 Å².